The number of amides is 1. The molecule has 0 saturated heterocycles. The lowest BCUT2D eigenvalue weighted by Gasteiger charge is -2.19. The first kappa shape index (κ1) is 13.6. The third-order valence-corrected chi connectivity index (χ3v) is 2.70. The smallest absolute Gasteiger partial charge is 0.253 e. The Kier molecular flexibility index (Phi) is 4.63. The predicted octanol–water partition coefficient (Wildman–Crippen LogP) is 1.94. The van der Waals surface area contributed by atoms with Crippen LogP contribution in [0.1, 0.15) is 29.3 Å². The Morgan fingerprint density at radius 3 is 2.76 bits per heavy atom. The Morgan fingerprint density at radius 2 is 2.18 bits per heavy atom. The van der Waals surface area contributed by atoms with E-state index in [4.69, 9.17) is 5.73 Å². The molecule has 0 heterocycles. The molecule has 0 radical (unpaired) electrons. The summed E-state index contributed by atoms with van der Waals surface area (Å²) in [4.78, 5) is 13.6. The van der Waals surface area contributed by atoms with Gasteiger partial charge in [-0.2, -0.15) is 0 Å². The third-order valence-electron chi connectivity index (χ3n) is 2.70. The van der Waals surface area contributed by atoms with Gasteiger partial charge in [0.25, 0.3) is 5.91 Å². The summed E-state index contributed by atoms with van der Waals surface area (Å²) >= 11 is 0. The van der Waals surface area contributed by atoms with E-state index in [2.05, 4.69) is 0 Å². The monoisotopic (exact) mass is 238 g/mol. The second-order valence-electron chi connectivity index (χ2n) is 4.45. The number of carbonyl (C=O) groups excluding carboxylic acids is 1. The van der Waals surface area contributed by atoms with Crippen molar-refractivity contribution in [2.75, 3.05) is 13.6 Å². The lowest BCUT2D eigenvalue weighted by Crippen LogP contribution is -2.31. The number of hydrogen-bond acceptors (Lipinski definition) is 2. The zero-order valence-electron chi connectivity index (χ0n) is 10.5. The SMILES string of the molecule is Cc1ccc(F)cc1C(=O)N(C)CCC(C)N. The second kappa shape index (κ2) is 5.77. The van der Waals surface area contributed by atoms with Crippen molar-refractivity contribution in [3.05, 3.63) is 35.1 Å². The van der Waals surface area contributed by atoms with Crippen LogP contribution in [0.15, 0.2) is 18.2 Å². The van der Waals surface area contributed by atoms with Gasteiger partial charge in [0, 0.05) is 25.2 Å². The van der Waals surface area contributed by atoms with E-state index in [0.29, 0.717) is 12.1 Å². The molecule has 0 saturated carbocycles. The van der Waals surface area contributed by atoms with Crippen LogP contribution in [0.3, 0.4) is 0 Å². The van der Waals surface area contributed by atoms with Crippen LogP contribution in [0.2, 0.25) is 0 Å². The van der Waals surface area contributed by atoms with Crippen LogP contribution in [-0.4, -0.2) is 30.4 Å². The number of rotatable bonds is 4. The lowest BCUT2D eigenvalue weighted by atomic mass is 10.1. The van der Waals surface area contributed by atoms with Gasteiger partial charge in [0.2, 0.25) is 0 Å². The Labute approximate surface area is 101 Å². The summed E-state index contributed by atoms with van der Waals surface area (Å²) in [5, 5.41) is 0. The third kappa shape index (κ3) is 3.82. The average molecular weight is 238 g/mol. The lowest BCUT2D eigenvalue weighted by molar-refractivity contribution is 0.0790. The predicted molar refractivity (Wildman–Crippen MR) is 66.4 cm³/mol. The van der Waals surface area contributed by atoms with E-state index < -0.39 is 0 Å². The standard InChI is InChI=1S/C13H19FN2O/c1-9-4-5-11(14)8-12(9)13(17)16(3)7-6-10(2)15/h4-5,8,10H,6-7,15H2,1-3H3. The van der Waals surface area contributed by atoms with E-state index in [-0.39, 0.29) is 17.8 Å². The highest BCUT2D eigenvalue weighted by atomic mass is 19.1. The minimum Gasteiger partial charge on any atom is -0.342 e. The molecule has 94 valence electrons. The summed E-state index contributed by atoms with van der Waals surface area (Å²) in [7, 11) is 1.70. The minimum absolute atomic E-state index is 0.0545. The van der Waals surface area contributed by atoms with Crippen molar-refractivity contribution in [2.24, 2.45) is 5.73 Å². The molecule has 0 aliphatic rings. The number of benzene rings is 1. The van der Waals surface area contributed by atoms with Crippen LogP contribution in [0.25, 0.3) is 0 Å². The van der Waals surface area contributed by atoms with Gasteiger partial charge >= 0.3 is 0 Å². The molecule has 1 aromatic rings. The molecule has 0 aliphatic heterocycles. The van der Waals surface area contributed by atoms with Crippen LogP contribution in [0.5, 0.6) is 0 Å². The normalized spacial score (nSPS) is 12.3. The molecular weight excluding hydrogens is 219 g/mol. The molecule has 2 N–H and O–H groups in total. The van der Waals surface area contributed by atoms with Gasteiger partial charge in [-0.3, -0.25) is 4.79 Å². The van der Waals surface area contributed by atoms with Gasteiger partial charge in [-0.1, -0.05) is 6.07 Å². The fraction of sp³-hybridized carbons (Fsp3) is 0.462. The van der Waals surface area contributed by atoms with Crippen molar-refractivity contribution < 1.29 is 9.18 Å². The average Bonchev–Trinajstić information content (AvgIpc) is 2.28. The fourth-order valence-electron chi connectivity index (χ4n) is 1.53. The highest BCUT2D eigenvalue weighted by Crippen LogP contribution is 2.12. The Bertz CT molecular complexity index is 404. The molecule has 1 amide bonds. The summed E-state index contributed by atoms with van der Waals surface area (Å²) in [5.41, 5.74) is 6.83. The van der Waals surface area contributed by atoms with Gasteiger partial charge < -0.3 is 10.6 Å². The van der Waals surface area contributed by atoms with Crippen molar-refractivity contribution in [2.45, 2.75) is 26.3 Å². The molecular formula is C13H19FN2O. The molecule has 0 aromatic heterocycles. The Balaban J connectivity index is 2.78. The maximum absolute atomic E-state index is 13.1. The quantitative estimate of drug-likeness (QED) is 0.871. The molecule has 17 heavy (non-hydrogen) atoms. The van der Waals surface area contributed by atoms with E-state index in [1.807, 2.05) is 6.92 Å². The topological polar surface area (TPSA) is 46.3 Å². The van der Waals surface area contributed by atoms with E-state index in [1.54, 1.807) is 24.9 Å². The van der Waals surface area contributed by atoms with Gasteiger partial charge in [-0.25, -0.2) is 4.39 Å². The van der Waals surface area contributed by atoms with Gasteiger partial charge in [-0.15, -0.1) is 0 Å². The van der Waals surface area contributed by atoms with Crippen molar-refractivity contribution in [1.29, 1.82) is 0 Å². The van der Waals surface area contributed by atoms with E-state index in [9.17, 15) is 9.18 Å². The van der Waals surface area contributed by atoms with Gasteiger partial charge in [0.05, 0.1) is 0 Å². The first-order valence-corrected chi connectivity index (χ1v) is 5.69. The number of aryl methyl sites for hydroxylation is 1. The van der Waals surface area contributed by atoms with Crippen LogP contribution < -0.4 is 5.73 Å². The van der Waals surface area contributed by atoms with Crippen LogP contribution in [-0.2, 0) is 0 Å². The maximum atomic E-state index is 13.1. The van der Waals surface area contributed by atoms with Crippen molar-refractivity contribution in [1.82, 2.24) is 4.90 Å². The molecule has 1 unspecified atom stereocenters. The highest BCUT2D eigenvalue weighted by molar-refractivity contribution is 5.95. The van der Waals surface area contributed by atoms with E-state index >= 15 is 0 Å². The van der Waals surface area contributed by atoms with Crippen molar-refractivity contribution >= 4 is 5.91 Å². The highest BCUT2D eigenvalue weighted by Gasteiger charge is 2.14. The molecule has 0 bridgehead atoms. The number of hydrogen-bond donors (Lipinski definition) is 1. The summed E-state index contributed by atoms with van der Waals surface area (Å²) in [6.45, 7) is 4.27. The number of carbonyl (C=O) groups is 1. The van der Waals surface area contributed by atoms with Crippen LogP contribution >= 0.6 is 0 Å². The van der Waals surface area contributed by atoms with Gasteiger partial charge in [0.1, 0.15) is 5.82 Å². The molecule has 1 atom stereocenters. The Morgan fingerprint density at radius 1 is 1.53 bits per heavy atom. The van der Waals surface area contributed by atoms with E-state index in [0.717, 1.165) is 12.0 Å². The van der Waals surface area contributed by atoms with Crippen LogP contribution in [0.4, 0.5) is 4.39 Å². The van der Waals surface area contributed by atoms with Crippen LogP contribution in [0, 0.1) is 12.7 Å². The second-order valence-corrected chi connectivity index (χ2v) is 4.45. The first-order chi connectivity index (χ1) is 7.91. The molecule has 0 fully saturated rings. The minimum atomic E-state index is -0.389. The van der Waals surface area contributed by atoms with E-state index in [1.165, 1.54) is 12.1 Å². The molecule has 0 aliphatic carbocycles. The van der Waals surface area contributed by atoms with Crippen molar-refractivity contribution in [3.63, 3.8) is 0 Å². The molecule has 3 nitrogen and oxygen atoms in total. The number of nitrogens with zero attached hydrogens (tertiary/aromatic N) is 1. The zero-order chi connectivity index (χ0) is 13.0. The first-order valence-electron chi connectivity index (χ1n) is 5.69. The maximum Gasteiger partial charge on any atom is 0.253 e. The van der Waals surface area contributed by atoms with Crippen molar-refractivity contribution in [3.8, 4) is 0 Å². The Hall–Kier alpha value is -1.42. The fourth-order valence-corrected chi connectivity index (χ4v) is 1.53. The summed E-state index contributed by atoms with van der Waals surface area (Å²) in [5.74, 6) is -0.554. The summed E-state index contributed by atoms with van der Waals surface area (Å²) < 4.78 is 13.1. The van der Waals surface area contributed by atoms with Gasteiger partial charge in [-0.05, 0) is 38.0 Å². The zero-order valence-corrected chi connectivity index (χ0v) is 10.5. The molecule has 4 heteroatoms. The molecule has 1 aromatic carbocycles. The summed E-state index contributed by atoms with van der Waals surface area (Å²) in [6.07, 6.45) is 0.733. The van der Waals surface area contributed by atoms with Gasteiger partial charge in [0.15, 0.2) is 0 Å². The molecule has 1 rings (SSSR count). The molecule has 0 spiro atoms. The number of halogens is 1. The largest absolute Gasteiger partial charge is 0.342 e. The summed E-state index contributed by atoms with van der Waals surface area (Å²) in [6, 6.07) is 4.30. The number of nitrogens with two attached hydrogens (primary N) is 1.